The molecule has 0 aliphatic carbocycles. The zero-order chi connectivity index (χ0) is 15.8. The molecule has 1 heterocycles. The topological polar surface area (TPSA) is 75.5 Å². The summed E-state index contributed by atoms with van der Waals surface area (Å²) < 4.78 is 36.5. The molecule has 114 valence electrons. The van der Waals surface area contributed by atoms with Crippen molar-refractivity contribution in [3.05, 3.63) is 33.3 Å². The maximum Gasteiger partial charge on any atom is 0.471 e. The van der Waals surface area contributed by atoms with Crippen molar-refractivity contribution in [1.29, 1.82) is 0 Å². The fourth-order valence-electron chi connectivity index (χ4n) is 1.92. The van der Waals surface area contributed by atoms with Crippen molar-refractivity contribution in [3.8, 4) is 0 Å². The van der Waals surface area contributed by atoms with Gasteiger partial charge in [0.05, 0.1) is 11.0 Å². The molecular weight excluding hydrogens is 315 g/mol. The zero-order valence-corrected chi connectivity index (χ0v) is 11.1. The van der Waals surface area contributed by atoms with E-state index in [0.29, 0.717) is 4.90 Å². The van der Waals surface area contributed by atoms with Crippen LogP contribution in [0, 0.1) is 10.1 Å². The molecule has 2 rings (SSSR count). The smallest absolute Gasteiger partial charge is 0.373 e. The molecule has 1 aromatic carbocycles. The average Bonchev–Trinajstić information content (AvgIpc) is 2.30. The van der Waals surface area contributed by atoms with Gasteiger partial charge in [-0.25, -0.2) is 0 Å². The molecule has 0 bridgehead atoms. The molecule has 1 amide bonds. The molecule has 1 aliphatic rings. The van der Waals surface area contributed by atoms with E-state index >= 15 is 0 Å². The number of anilines is 1. The Morgan fingerprint density at radius 2 is 2.05 bits per heavy atom. The van der Waals surface area contributed by atoms with Crippen LogP contribution in [0.15, 0.2) is 18.2 Å². The Balaban J connectivity index is 2.01. The number of hydrogen-bond donors (Lipinski definition) is 1. The van der Waals surface area contributed by atoms with Gasteiger partial charge in [-0.1, -0.05) is 11.6 Å². The van der Waals surface area contributed by atoms with Gasteiger partial charge in [0.15, 0.2) is 0 Å². The molecule has 1 saturated heterocycles. The van der Waals surface area contributed by atoms with E-state index in [-0.39, 0.29) is 29.5 Å². The van der Waals surface area contributed by atoms with E-state index in [2.05, 4.69) is 5.32 Å². The first-order valence-electron chi connectivity index (χ1n) is 5.75. The standard InChI is InChI=1S/C11H9ClF3N3O3/c12-6-1-2-9(18(20)21)8(3-6)16-7-4-17(5-7)10(19)11(13,14)15/h1-3,7,16H,4-5H2. The van der Waals surface area contributed by atoms with Gasteiger partial charge < -0.3 is 10.2 Å². The third-order valence-electron chi connectivity index (χ3n) is 2.93. The number of nitro groups is 1. The van der Waals surface area contributed by atoms with Gasteiger partial charge in [0.2, 0.25) is 0 Å². The Morgan fingerprint density at radius 1 is 1.43 bits per heavy atom. The number of carbonyl (C=O) groups is 1. The first-order valence-corrected chi connectivity index (χ1v) is 6.13. The first-order chi connectivity index (χ1) is 9.68. The second-order valence-corrected chi connectivity index (χ2v) is 4.90. The Morgan fingerprint density at radius 3 is 2.57 bits per heavy atom. The molecule has 0 saturated carbocycles. The van der Waals surface area contributed by atoms with Gasteiger partial charge in [0.1, 0.15) is 5.69 Å². The Hall–Kier alpha value is -2.03. The van der Waals surface area contributed by atoms with E-state index < -0.39 is 23.0 Å². The number of nitrogens with zero attached hydrogens (tertiary/aromatic N) is 2. The minimum absolute atomic E-state index is 0.108. The van der Waals surface area contributed by atoms with Crippen molar-refractivity contribution in [2.24, 2.45) is 0 Å². The van der Waals surface area contributed by atoms with E-state index in [1.165, 1.54) is 18.2 Å². The van der Waals surface area contributed by atoms with Crippen molar-refractivity contribution < 1.29 is 22.9 Å². The van der Waals surface area contributed by atoms with E-state index in [1.807, 2.05) is 0 Å². The van der Waals surface area contributed by atoms with Crippen LogP contribution in [0.4, 0.5) is 24.5 Å². The lowest BCUT2D eigenvalue weighted by atomic mass is 10.1. The van der Waals surface area contributed by atoms with Crippen LogP contribution in [0.2, 0.25) is 5.02 Å². The lowest BCUT2D eigenvalue weighted by Gasteiger charge is -2.40. The van der Waals surface area contributed by atoms with Gasteiger partial charge in [-0.2, -0.15) is 13.2 Å². The molecule has 1 fully saturated rings. The molecule has 1 aromatic rings. The van der Waals surface area contributed by atoms with Gasteiger partial charge in [0.25, 0.3) is 5.69 Å². The summed E-state index contributed by atoms with van der Waals surface area (Å²) in [7, 11) is 0. The predicted molar refractivity (Wildman–Crippen MR) is 68.2 cm³/mol. The minimum atomic E-state index is -4.91. The summed E-state index contributed by atoms with van der Waals surface area (Å²) in [5.41, 5.74) is -0.128. The Bertz CT molecular complexity index is 588. The highest BCUT2D eigenvalue weighted by Crippen LogP contribution is 2.30. The number of hydrogen-bond acceptors (Lipinski definition) is 4. The van der Waals surface area contributed by atoms with Gasteiger partial charge in [-0.3, -0.25) is 14.9 Å². The Labute approximate surface area is 121 Å². The second-order valence-electron chi connectivity index (χ2n) is 4.47. The van der Waals surface area contributed by atoms with Gasteiger partial charge >= 0.3 is 12.1 Å². The van der Waals surface area contributed by atoms with Crippen LogP contribution >= 0.6 is 11.6 Å². The van der Waals surface area contributed by atoms with Crippen molar-refractivity contribution in [2.75, 3.05) is 18.4 Å². The monoisotopic (exact) mass is 323 g/mol. The highest BCUT2D eigenvalue weighted by Gasteiger charge is 2.46. The number of amides is 1. The van der Waals surface area contributed by atoms with Crippen molar-refractivity contribution in [1.82, 2.24) is 4.90 Å². The van der Waals surface area contributed by atoms with Crippen LogP contribution in [0.25, 0.3) is 0 Å². The number of benzene rings is 1. The maximum absolute atomic E-state index is 12.2. The highest BCUT2D eigenvalue weighted by molar-refractivity contribution is 6.31. The SMILES string of the molecule is O=C(N1CC(Nc2cc(Cl)ccc2[N+](=O)[O-])C1)C(F)(F)F. The van der Waals surface area contributed by atoms with Crippen LogP contribution < -0.4 is 5.32 Å². The number of carbonyl (C=O) groups excluding carboxylic acids is 1. The fourth-order valence-corrected chi connectivity index (χ4v) is 2.09. The van der Waals surface area contributed by atoms with Crippen molar-refractivity contribution >= 4 is 28.9 Å². The third-order valence-corrected chi connectivity index (χ3v) is 3.16. The van der Waals surface area contributed by atoms with Gasteiger partial charge in [-0.05, 0) is 12.1 Å². The molecule has 21 heavy (non-hydrogen) atoms. The number of alkyl halides is 3. The minimum Gasteiger partial charge on any atom is -0.373 e. The summed E-state index contributed by atoms with van der Waals surface area (Å²) in [6.07, 6.45) is -4.91. The lowest BCUT2D eigenvalue weighted by Crippen LogP contribution is -2.60. The van der Waals surface area contributed by atoms with Gasteiger partial charge in [-0.15, -0.1) is 0 Å². The Kier molecular flexibility index (Phi) is 3.95. The van der Waals surface area contributed by atoms with Gasteiger partial charge in [0, 0.05) is 24.2 Å². The molecule has 1 N–H and O–H groups in total. The largest absolute Gasteiger partial charge is 0.471 e. The van der Waals surface area contributed by atoms with E-state index in [9.17, 15) is 28.1 Å². The molecule has 1 aliphatic heterocycles. The first kappa shape index (κ1) is 15.4. The van der Waals surface area contributed by atoms with Crippen LogP contribution in [0.5, 0.6) is 0 Å². The normalized spacial score (nSPS) is 15.5. The van der Waals surface area contributed by atoms with Crippen LogP contribution in [0.1, 0.15) is 0 Å². The third kappa shape index (κ3) is 3.35. The average molecular weight is 324 g/mol. The summed E-state index contributed by atoms with van der Waals surface area (Å²) in [6.45, 7) is -0.357. The number of halogens is 4. The highest BCUT2D eigenvalue weighted by atomic mass is 35.5. The summed E-state index contributed by atoms with van der Waals surface area (Å²) in [5.74, 6) is -1.92. The number of nitrogens with one attached hydrogen (secondary N) is 1. The van der Waals surface area contributed by atoms with E-state index in [4.69, 9.17) is 11.6 Å². The van der Waals surface area contributed by atoms with Crippen molar-refractivity contribution in [3.63, 3.8) is 0 Å². The van der Waals surface area contributed by atoms with Crippen LogP contribution in [0.3, 0.4) is 0 Å². The molecule has 0 aromatic heterocycles. The summed E-state index contributed by atoms with van der Waals surface area (Å²) in [5, 5.41) is 13.8. The predicted octanol–water partition coefficient (Wildman–Crippen LogP) is 2.43. The molecule has 0 radical (unpaired) electrons. The van der Waals surface area contributed by atoms with E-state index in [1.54, 1.807) is 0 Å². The second kappa shape index (κ2) is 5.40. The maximum atomic E-state index is 12.2. The molecular formula is C11H9ClF3N3O3. The fraction of sp³-hybridized carbons (Fsp3) is 0.364. The molecule has 0 atom stereocenters. The van der Waals surface area contributed by atoms with Crippen LogP contribution in [-0.4, -0.2) is 41.0 Å². The lowest BCUT2D eigenvalue weighted by molar-refractivity contribution is -0.384. The quantitative estimate of drug-likeness (QED) is 0.684. The summed E-state index contributed by atoms with van der Waals surface area (Å²) in [6, 6.07) is 3.36. The molecule has 6 nitrogen and oxygen atoms in total. The van der Waals surface area contributed by atoms with E-state index in [0.717, 1.165) is 0 Å². The van der Waals surface area contributed by atoms with Crippen LogP contribution in [-0.2, 0) is 4.79 Å². The number of likely N-dealkylation sites (tertiary alicyclic amines) is 1. The molecule has 10 heteroatoms. The van der Waals surface area contributed by atoms with Crippen molar-refractivity contribution in [2.45, 2.75) is 12.2 Å². The number of rotatable bonds is 3. The summed E-state index contributed by atoms with van der Waals surface area (Å²) in [4.78, 5) is 21.7. The zero-order valence-electron chi connectivity index (χ0n) is 10.4. The number of nitro benzene ring substituents is 1. The summed E-state index contributed by atoms with van der Waals surface area (Å²) >= 11 is 5.73. The molecule has 0 unspecified atom stereocenters. The molecule has 0 spiro atoms.